The van der Waals surface area contributed by atoms with E-state index in [1.807, 2.05) is 20.8 Å². The molecule has 4 heteroatoms. The number of halogens is 1. The number of ether oxygens (including phenoxy) is 2. The Morgan fingerprint density at radius 2 is 2.00 bits per heavy atom. The SMILES string of the molecule is CC1(OC(=O)C(C)(C)CI)CCOCC1. The van der Waals surface area contributed by atoms with Gasteiger partial charge in [-0.15, -0.1) is 0 Å². The molecule has 0 N–H and O–H groups in total. The van der Waals surface area contributed by atoms with E-state index in [4.69, 9.17) is 9.47 Å². The highest BCUT2D eigenvalue weighted by atomic mass is 127. The molecule has 1 heterocycles. The summed E-state index contributed by atoms with van der Waals surface area (Å²) in [6.07, 6.45) is 1.60. The molecule has 0 amide bonds. The van der Waals surface area contributed by atoms with Gasteiger partial charge in [0.05, 0.1) is 18.6 Å². The Kier molecular flexibility index (Phi) is 4.40. The zero-order valence-electron chi connectivity index (χ0n) is 9.64. The minimum absolute atomic E-state index is 0.0960. The van der Waals surface area contributed by atoms with Crippen LogP contribution in [0.4, 0.5) is 0 Å². The third-order valence-electron chi connectivity index (χ3n) is 2.78. The normalized spacial score (nSPS) is 21.1. The van der Waals surface area contributed by atoms with E-state index < -0.39 is 0 Å². The fourth-order valence-corrected chi connectivity index (χ4v) is 1.63. The van der Waals surface area contributed by atoms with E-state index >= 15 is 0 Å². The average molecular weight is 326 g/mol. The molecule has 1 aliphatic heterocycles. The lowest BCUT2D eigenvalue weighted by Gasteiger charge is -2.35. The van der Waals surface area contributed by atoms with Crippen LogP contribution in [0.15, 0.2) is 0 Å². The summed E-state index contributed by atoms with van der Waals surface area (Å²) in [5.74, 6) is -0.0960. The second-order valence-corrected chi connectivity index (χ2v) is 5.73. The van der Waals surface area contributed by atoms with Crippen LogP contribution in [0.25, 0.3) is 0 Å². The summed E-state index contributed by atoms with van der Waals surface area (Å²) in [4.78, 5) is 11.9. The van der Waals surface area contributed by atoms with Gasteiger partial charge in [-0.2, -0.15) is 0 Å². The van der Waals surface area contributed by atoms with Crippen molar-refractivity contribution in [2.24, 2.45) is 5.41 Å². The van der Waals surface area contributed by atoms with E-state index in [0.29, 0.717) is 13.2 Å². The molecule has 1 saturated heterocycles. The summed E-state index contributed by atoms with van der Waals surface area (Å²) in [5, 5.41) is 0. The summed E-state index contributed by atoms with van der Waals surface area (Å²) in [6, 6.07) is 0. The van der Waals surface area contributed by atoms with Crippen LogP contribution in [-0.2, 0) is 14.3 Å². The summed E-state index contributed by atoms with van der Waals surface area (Å²) < 4.78 is 11.7. The molecule has 15 heavy (non-hydrogen) atoms. The highest BCUT2D eigenvalue weighted by molar-refractivity contribution is 14.1. The largest absolute Gasteiger partial charge is 0.459 e. The van der Waals surface area contributed by atoms with Crippen molar-refractivity contribution in [3.05, 3.63) is 0 Å². The molecule has 1 fully saturated rings. The van der Waals surface area contributed by atoms with Crippen LogP contribution in [0, 0.1) is 5.41 Å². The molecule has 0 bridgehead atoms. The van der Waals surface area contributed by atoms with Crippen LogP contribution in [0.5, 0.6) is 0 Å². The van der Waals surface area contributed by atoms with Gasteiger partial charge in [0.1, 0.15) is 5.60 Å². The number of carbonyl (C=O) groups is 1. The summed E-state index contributed by atoms with van der Waals surface area (Å²) in [5.41, 5.74) is -0.708. The first-order valence-corrected chi connectivity index (χ1v) is 6.79. The van der Waals surface area contributed by atoms with Crippen molar-refractivity contribution < 1.29 is 14.3 Å². The zero-order valence-corrected chi connectivity index (χ0v) is 11.8. The molecule has 0 aromatic heterocycles. The lowest BCUT2D eigenvalue weighted by Crippen LogP contribution is -2.42. The van der Waals surface area contributed by atoms with Crippen LogP contribution >= 0.6 is 22.6 Å². The van der Waals surface area contributed by atoms with Crippen LogP contribution in [0.1, 0.15) is 33.6 Å². The van der Waals surface area contributed by atoms with Crippen molar-refractivity contribution in [2.45, 2.75) is 39.2 Å². The number of hydrogen-bond donors (Lipinski definition) is 0. The first kappa shape index (κ1) is 13.2. The van der Waals surface area contributed by atoms with Gasteiger partial charge in [0, 0.05) is 17.3 Å². The topological polar surface area (TPSA) is 35.5 Å². The first-order chi connectivity index (χ1) is 6.90. The van der Waals surface area contributed by atoms with Gasteiger partial charge in [0.15, 0.2) is 0 Å². The van der Waals surface area contributed by atoms with Gasteiger partial charge >= 0.3 is 5.97 Å². The summed E-state index contributed by atoms with van der Waals surface area (Å²) in [7, 11) is 0. The second-order valence-electron chi connectivity index (χ2n) is 4.97. The molecular weight excluding hydrogens is 307 g/mol. The molecule has 0 aromatic rings. The highest BCUT2D eigenvalue weighted by Gasteiger charge is 2.36. The van der Waals surface area contributed by atoms with Crippen molar-refractivity contribution in [3.8, 4) is 0 Å². The molecule has 0 aromatic carbocycles. The molecular formula is C11H19IO3. The maximum atomic E-state index is 11.9. The van der Waals surface area contributed by atoms with Crippen LogP contribution in [0.2, 0.25) is 0 Å². The summed E-state index contributed by atoms with van der Waals surface area (Å²) in [6.45, 7) is 7.22. The van der Waals surface area contributed by atoms with E-state index in [9.17, 15) is 4.79 Å². The standard InChI is InChI=1S/C11H19IO3/c1-10(2,8-12)9(13)15-11(3)4-6-14-7-5-11/h4-8H2,1-3H3. The van der Waals surface area contributed by atoms with Gasteiger partial charge in [-0.25, -0.2) is 0 Å². The monoisotopic (exact) mass is 326 g/mol. The van der Waals surface area contributed by atoms with Crippen LogP contribution < -0.4 is 0 Å². The van der Waals surface area contributed by atoms with Crippen molar-refractivity contribution in [2.75, 3.05) is 17.6 Å². The number of rotatable bonds is 3. The third-order valence-corrected chi connectivity index (χ3v) is 4.68. The molecule has 88 valence electrons. The molecule has 1 aliphatic rings. The van der Waals surface area contributed by atoms with Crippen molar-refractivity contribution in [1.82, 2.24) is 0 Å². The number of alkyl halides is 1. The van der Waals surface area contributed by atoms with Crippen LogP contribution in [0.3, 0.4) is 0 Å². The Labute approximate surface area is 105 Å². The molecule has 1 rings (SSSR count). The van der Waals surface area contributed by atoms with E-state index in [2.05, 4.69) is 22.6 Å². The highest BCUT2D eigenvalue weighted by Crippen LogP contribution is 2.29. The number of esters is 1. The minimum Gasteiger partial charge on any atom is -0.459 e. The minimum atomic E-state index is -0.387. The van der Waals surface area contributed by atoms with Gasteiger partial charge in [0.25, 0.3) is 0 Å². The fraction of sp³-hybridized carbons (Fsp3) is 0.909. The van der Waals surface area contributed by atoms with Gasteiger partial charge in [-0.3, -0.25) is 4.79 Å². The lowest BCUT2D eigenvalue weighted by molar-refractivity contribution is -0.175. The zero-order chi connectivity index (χ0) is 11.5. The van der Waals surface area contributed by atoms with E-state index in [-0.39, 0.29) is 17.0 Å². The van der Waals surface area contributed by atoms with Crippen molar-refractivity contribution in [3.63, 3.8) is 0 Å². The van der Waals surface area contributed by atoms with Crippen molar-refractivity contribution in [1.29, 1.82) is 0 Å². The molecule has 3 nitrogen and oxygen atoms in total. The maximum Gasteiger partial charge on any atom is 0.312 e. The Balaban J connectivity index is 2.56. The quantitative estimate of drug-likeness (QED) is 0.454. The predicted octanol–water partition coefficient (Wildman–Crippen LogP) is 2.56. The molecule has 0 atom stereocenters. The fourth-order valence-electron chi connectivity index (χ4n) is 1.32. The summed E-state index contributed by atoms with van der Waals surface area (Å²) >= 11 is 2.22. The van der Waals surface area contributed by atoms with Gasteiger partial charge < -0.3 is 9.47 Å². The number of hydrogen-bond acceptors (Lipinski definition) is 3. The molecule has 0 saturated carbocycles. The average Bonchev–Trinajstić information content (AvgIpc) is 2.18. The molecule has 0 unspecified atom stereocenters. The smallest absolute Gasteiger partial charge is 0.312 e. The van der Waals surface area contributed by atoms with E-state index in [0.717, 1.165) is 17.3 Å². The Morgan fingerprint density at radius 1 is 1.47 bits per heavy atom. The van der Waals surface area contributed by atoms with Crippen LogP contribution in [-0.4, -0.2) is 29.2 Å². The van der Waals surface area contributed by atoms with E-state index in [1.165, 1.54) is 0 Å². The van der Waals surface area contributed by atoms with Crippen molar-refractivity contribution >= 4 is 28.6 Å². The molecule has 0 aliphatic carbocycles. The van der Waals surface area contributed by atoms with Gasteiger partial charge in [-0.1, -0.05) is 22.6 Å². The maximum absolute atomic E-state index is 11.9. The van der Waals surface area contributed by atoms with Gasteiger partial charge in [-0.05, 0) is 20.8 Å². The first-order valence-electron chi connectivity index (χ1n) is 5.27. The number of carbonyl (C=O) groups excluding carboxylic acids is 1. The Morgan fingerprint density at radius 3 is 2.47 bits per heavy atom. The molecule has 0 spiro atoms. The Hall–Kier alpha value is 0.160. The Bertz CT molecular complexity index is 232. The second kappa shape index (κ2) is 4.99. The lowest BCUT2D eigenvalue weighted by atomic mass is 9.93. The van der Waals surface area contributed by atoms with E-state index in [1.54, 1.807) is 0 Å². The molecule has 0 radical (unpaired) electrons. The third kappa shape index (κ3) is 3.59. The van der Waals surface area contributed by atoms with Gasteiger partial charge in [0.2, 0.25) is 0 Å². The predicted molar refractivity (Wildman–Crippen MR) is 67.2 cm³/mol.